The van der Waals surface area contributed by atoms with Crippen molar-refractivity contribution < 1.29 is 30.7 Å². The van der Waals surface area contributed by atoms with E-state index in [4.69, 9.17) is 0 Å². The van der Waals surface area contributed by atoms with E-state index in [-0.39, 0.29) is 51.4 Å². The molecule has 0 amide bonds. The zero-order valence-electron chi connectivity index (χ0n) is 5.22. The predicted molar refractivity (Wildman–Crippen MR) is 22.8 cm³/mol. The van der Waals surface area contributed by atoms with Crippen LogP contribution in [0, 0.1) is 0 Å². The van der Waals surface area contributed by atoms with Crippen molar-refractivity contribution in [2.45, 2.75) is 18.5 Å². The van der Waals surface area contributed by atoms with E-state index in [2.05, 4.69) is 0 Å². The minimum atomic E-state index is -6.17. The molecule has 0 atom stereocenters. The van der Waals surface area contributed by atoms with Crippen LogP contribution in [0.1, 0.15) is 0 Å². The fraction of sp³-hybridized carbons (Fsp3) is 1.00. The van der Waals surface area contributed by atoms with Crippen molar-refractivity contribution in [1.82, 2.24) is 0 Å². The Morgan fingerprint density at radius 1 is 0.818 bits per heavy atom. The first kappa shape index (κ1) is 14.7. The van der Waals surface area contributed by atoms with Gasteiger partial charge in [-0.05, 0) is 0 Å². The molecule has 63 valence electrons. The molecule has 1 radical (unpaired) electrons. The number of rotatable bonds is 1. The molecule has 0 unspecified atom stereocenters. The summed E-state index contributed by atoms with van der Waals surface area (Å²) in [5.74, 6) is -5.90. The van der Waals surface area contributed by atoms with Gasteiger partial charge in [0, 0.05) is 51.4 Å². The van der Waals surface area contributed by atoms with E-state index in [0.717, 1.165) is 0 Å². The summed E-state index contributed by atoms with van der Waals surface area (Å²) < 4.78 is 76.6. The molecule has 0 aliphatic heterocycles. The number of hydrogen-bond donors (Lipinski definition) is 0. The zero-order valence-corrected chi connectivity index (χ0v) is 8.35. The van der Waals surface area contributed by atoms with Gasteiger partial charge in [-0.2, -0.15) is 22.0 Å². The van der Waals surface area contributed by atoms with Crippen LogP contribution in [0.3, 0.4) is 0 Å². The first-order valence-electron chi connectivity index (χ1n) is 1.92. The van der Waals surface area contributed by atoms with Crippen LogP contribution in [-0.2, 0) is 0 Å². The Hall–Kier alpha value is 1.15. The molecule has 0 aromatic rings. The second kappa shape index (κ2) is 4.40. The van der Waals surface area contributed by atoms with E-state index in [9.17, 15) is 30.7 Å². The molecule has 0 nitrogen and oxygen atoms in total. The van der Waals surface area contributed by atoms with Crippen molar-refractivity contribution in [2.24, 2.45) is 0 Å². The van der Waals surface area contributed by atoms with Crippen LogP contribution >= 0.6 is 0 Å². The third-order valence-electron chi connectivity index (χ3n) is 0.652. The maximum absolute atomic E-state index is 11.2. The van der Waals surface area contributed by atoms with Crippen molar-refractivity contribution in [3.8, 4) is 0 Å². The third kappa shape index (κ3) is 3.58. The molecule has 8 heteroatoms. The molecule has 0 saturated carbocycles. The number of hydrogen-bond acceptors (Lipinski definition) is 0. The van der Waals surface area contributed by atoms with Crippen LogP contribution in [0.4, 0.5) is 30.7 Å². The van der Waals surface area contributed by atoms with E-state index in [1.807, 2.05) is 0 Å². The summed E-state index contributed by atoms with van der Waals surface area (Å²) in [4.78, 5) is 0. The van der Waals surface area contributed by atoms with E-state index in [1.54, 1.807) is 0 Å². The summed E-state index contributed by atoms with van der Waals surface area (Å²) in [6.07, 6.45) is -10.9. The molecular weight excluding hydrogens is 208 g/mol. The fourth-order valence-electron chi connectivity index (χ4n) is 0.124. The first-order valence-corrected chi connectivity index (χ1v) is 1.92. The summed E-state index contributed by atoms with van der Waals surface area (Å²) in [6, 6.07) is 0. The van der Waals surface area contributed by atoms with Gasteiger partial charge in [-0.3, -0.25) is 0 Å². The van der Waals surface area contributed by atoms with Crippen molar-refractivity contribution >= 4 is 51.4 Å². The Balaban J connectivity index is 0. The molecule has 0 aliphatic rings. The molecule has 0 aromatic carbocycles. The van der Waals surface area contributed by atoms with Crippen LogP contribution < -0.4 is 0 Å². The second-order valence-corrected chi connectivity index (χ2v) is 1.42. The van der Waals surface area contributed by atoms with Crippen LogP contribution in [-0.4, -0.2) is 69.9 Å². The van der Waals surface area contributed by atoms with Crippen molar-refractivity contribution in [1.29, 1.82) is 0 Å². The number of halogens is 7. The summed E-state index contributed by atoms with van der Waals surface area (Å²) in [5.41, 5.74) is 0. The van der Waals surface area contributed by atoms with Gasteiger partial charge in [-0.15, -0.1) is 0 Å². The van der Waals surface area contributed by atoms with Gasteiger partial charge in [-0.25, -0.2) is 8.78 Å². The van der Waals surface area contributed by atoms with E-state index in [1.165, 1.54) is 0 Å². The van der Waals surface area contributed by atoms with Crippen LogP contribution in [0.2, 0.25) is 0 Å². The fourth-order valence-corrected chi connectivity index (χ4v) is 0.124. The molecule has 11 heavy (non-hydrogen) atoms. The Morgan fingerprint density at radius 3 is 1.09 bits per heavy atom. The smallest absolute Gasteiger partial charge is 0.203 e. The van der Waals surface area contributed by atoms with Crippen molar-refractivity contribution in [3.05, 3.63) is 0 Å². The molecule has 0 N–H and O–H groups in total. The van der Waals surface area contributed by atoms with Gasteiger partial charge < -0.3 is 0 Å². The Kier molecular flexibility index (Phi) is 5.87. The summed E-state index contributed by atoms with van der Waals surface area (Å²) in [6.45, 7) is 0. The van der Waals surface area contributed by atoms with Gasteiger partial charge >= 0.3 is 18.5 Å². The van der Waals surface area contributed by atoms with Gasteiger partial charge in [0.25, 0.3) is 0 Å². The van der Waals surface area contributed by atoms with Gasteiger partial charge in [0.15, 0.2) is 0 Å². The average molecular weight is 209 g/mol. The van der Waals surface area contributed by atoms with Crippen LogP contribution in [0.25, 0.3) is 0 Å². The van der Waals surface area contributed by atoms with Crippen molar-refractivity contribution in [2.75, 3.05) is 0 Å². The molecular formula is C3HF7K. The Labute approximate surface area is 99.6 Å². The normalized spacial score (nSPS) is 13.1. The second-order valence-electron chi connectivity index (χ2n) is 1.42. The van der Waals surface area contributed by atoms with Crippen LogP contribution in [0.5, 0.6) is 0 Å². The molecule has 0 rings (SSSR count). The maximum atomic E-state index is 11.2. The Morgan fingerprint density at radius 2 is 1.09 bits per heavy atom. The molecule has 0 aliphatic carbocycles. The first-order chi connectivity index (χ1) is 4.19. The Bertz CT molecular complexity index is 115. The standard InChI is InChI=1S/C3HF7.K/c4-1(5)2(6,7)3(8,9)10;/h1H;. The minimum Gasteiger partial charge on any atom is -0.203 e. The summed E-state index contributed by atoms with van der Waals surface area (Å²) >= 11 is 0. The minimum absolute atomic E-state index is 0. The maximum Gasteiger partial charge on any atom is 0.459 e. The third-order valence-corrected chi connectivity index (χ3v) is 0.652. The SMILES string of the molecule is FC(F)C(F)(F)C(F)(F)F.[K]. The van der Waals surface area contributed by atoms with Gasteiger partial charge in [0.05, 0.1) is 0 Å². The molecule has 0 heterocycles. The molecule has 0 spiro atoms. The zero-order chi connectivity index (χ0) is 8.58. The molecule has 0 fully saturated rings. The van der Waals surface area contributed by atoms with E-state index < -0.39 is 18.5 Å². The largest absolute Gasteiger partial charge is 0.459 e. The molecule has 0 aromatic heterocycles. The summed E-state index contributed by atoms with van der Waals surface area (Å²) in [5, 5.41) is 0. The molecule has 0 saturated heterocycles. The van der Waals surface area contributed by atoms with Gasteiger partial charge in [0.2, 0.25) is 0 Å². The topological polar surface area (TPSA) is 0 Å². The van der Waals surface area contributed by atoms with Crippen LogP contribution in [0.15, 0.2) is 0 Å². The van der Waals surface area contributed by atoms with Gasteiger partial charge in [0.1, 0.15) is 0 Å². The van der Waals surface area contributed by atoms with E-state index in [0.29, 0.717) is 0 Å². The average Bonchev–Trinajstić information content (AvgIpc) is 1.62. The van der Waals surface area contributed by atoms with E-state index >= 15 is 0 Å². The van der Waals surface area contributed by atoms with Crippen molar-refractivity contribution in [3.63, 3.8) is 0 Å². The summed E-state index contributed by atoms with van der Waals surface area (Å²) in [7, 11) is 0. The monoisotopic (exact) mass is 209 g/mol. The quantitative estimate of drug-likeness (QED) is 0.458. The number of alkyl halides is 7. The van der Waals surface area contributed by atoms with Gasteiger partial charge in [-0.1, -0.05) is 0 Å². The predicted octanol–water partition coefficient (Wildman–Crippen LogP) is 2.07. The molecule has 0 bridgehead atoms.